The van der Waals surface area contributed by atoms with Crippen LogP contribution in [-0.4, -0.2) is 154 Å². The Morgan fingerprint density at radius 3 is 2.04 bits per heavy atom. The van der Waals surface area contributed by atoms with Crippen molar-refractivity contribution >= 4 is 0 Å². The maximum absolute atomic E-state index is 12.0. The Labute approximate surface area is 338 Å². The van der Waals surface area contributed by atoms with Crippen molar-refractivity contribution in [3.05, 3.63) is 11.1 Å². The van der Waals surface area contributed by atoms with E-state index >= 15 is 0 Å². The zero-order valence-electron chi connectivity index (χ0n) is 35.4. The minimum atomic E-state index is -1.58. The zero-order valence-corrected chi connectivity index (χ0v) is 35.4. The molecule has 0 aromatic heterocycles. The van der Waals surface area contributed by atoms with Crippen LogP contribution in [0.15, 0.2) is 11.1 Å². The van der Waals surface area contributed by atoms with Crippen molar-refractivity contribution in [1.82, 2.24) is 0 Å². The molecule has 330 valence electrons. The van der Waals surface area contributed by atoms with Crippen LogP contribution in [0, 0.1) is 46.3 Å². The fraction of sp³-hybridized carbons (Fsp3) is 0.953. The van der Waals surface area contributed by atoms with Crippen LogP contribution >= 0.6 is 0 Å². The van der Waals surface area contributed by atoms with Crippen molar-refractivity contribution < 1.29 is 69.3 Å². The van der Waals surface area contributed by atoms with E-state index in [4.69, 9.17) is 28.4 Å². The lowest BCUT2D eigenvalue weighted by molar-refractivity contribution is -0.226. The molecule has 3 saturated carbocycles. The number of fused-ring (bicyclic) bond motifs is 4. The third-order valence-electron chi connectivity index (χ3n) is 15.7. The summed E-state index contributed by atoms with van der Waals surface area (Å²) in [6.07, 6.45) is -9.36. The van der Waals surface area contributed by atoms with Crippen molar-refractivity contribution in [2.45, 2.75) is 185 Å². The Balaban J connectivity index is 1.32. The SMILES string of the molecule is CCC(CC[C@@H](C)[C@H]1[C@H](O[C@@H]2O[C@@H]([C@@H](O)COC)[C@H](O[C@@H]3O[C@@H]([C@@H](O)COC)[C@H](O)[C@H]3O)[C@H]2O)CC2=C3[C@@H](O)[C@@H](O)[C@H]4C[C@H](O)CC[C@]4(C)[C@H]3CC[C@@]21C)C(C)C. The summed E-state index contributed by atoms with van der Waals surface area (Å²) in [5, 5.41) is 89.5. The van der Waals surface area contributed by atoms with Crippen LogP contribution < -0.4 is 0 Å². The fourth-order valence-electron chi connectivity index (χ4n) is 12.5. The number of methoxy groups -OCH3 is 2. The second-order valence-corrected chi connectivity index (χ2v) is 19.3. The van der Waals surface area contributed by atoms with E-state index in [1.807, 2.05) is 0 Å². The minimum Gasteiger partial charge on any atom is -0.393 e. The maximum atomic E-state index is 12.0. The van der Waals surface area contributed by atoms with E-state index in [0.717, 1.165) is 49.7 Å². The van der Waals surface area contributed by atoms with Crippen LogP contribution in [0.5, 0.6) is 0 Å². The predicted octanol–water partition coefficient (Wildman–Crippen LogP) is 2.04. The van der Waals surface area contributed by atoms with Crippen LogP contribution in [0.25, 0.3) is 0 Å². The molecule has 4 aliphatic carbocycles. The van der Waals surface area contributed by atoms with Gasteiger partial charge in [-0.25, -0.2) is 0 Å². The number of ether oxygens (including phenoxy) is 6. The molecule has 0 amide bonds. The van der Waals surface area contributed by atoms with E-state index in [0.29, 0.717) is 31.1 Å². The highest BCUT2D eigenvalue weighted by molar-refractivity contribution is 5.39. The van der Waals surface area contributed by atoms with E-state index in [-0.39, 0.29) is 47.7 Å². The standard InChI is InChI=1S/C43H74O14/c1-9-22(20(2)3)11-10-21(4)31-29(17-25-30-24(13-15-43(25,31)6)42(5)14-12-23(44)16-26(42)32(47)33(30)48)54-41-36(51)39(38(56-41)28(46)19-53-8)57-40-35(50)34(49)37(55-40)27(45)18-52-7/h20-24,26-29,31-41,44-51H,9-19H2,1-8H3/t21-,22?,23-,24+,26-,27+,28+,29-,31+,32+,33-,34-,35-,36-,37+,38+,39-,40+,41-,42-,43+/m1/s1. The first-order valence-corrected chi connectivity index (χ1v) is 21.7. The van der Waals surface area contributed by atoms with E-state index in [9.17, 15) is 40.9 Å². The Bertz CT molecular complexity index is 1360. The zero-order chi connectivity index (χ0) is 41.7. The normalized spacial score (nSPS) is 46.8. The molecule has 6 aliphatic rings. The van der Waals surface area contributed by atoms with Crippen LogP contribution in [0.4, 0.5) is 0 Å². The Morgan fingerprint density at radius 2 is 1.40 bits per heavy atom. The monoisotopic (exact) mass is 815 g/mol. The molecule has 2 saturated heterocycles. The van der Waals surface area contributed by atoms with Gasteiger partial charge in [-0.05, 0) is 96.9 Å². The van der Waals surface area contributed by atoms with Gasteiger partial charge in [0.1, 0.15) is 54.9 Å². The second kappa shape index (κ2) is 18.3. The second-order valence-electron chi connectivity index (χ2n) is 19.3. The van der Waals surface area contributed by atoms with Gasteiger partial charge in [-0.15, -0.1) is 0 Å². The van der Waals surface area contributed by atoms with Gasteiger partial charge in [0.05, 0.1) is 31.5 Å². The number of aliphatic hydroxyl groups is 8. The largest absolute Gasteiger partial charge is 0.393 e. The summed E-state index contributed by atoms with van der Waals surface area (Å²) in [7, 11) is 2.81. The molecule has 0 aromatic carbocycles. The van der Waals surface area contributed by atoms with Crippen LogP contribution in [-0.2, 0) is 28.4 Å². The van der Waals surface area contributed by atoms with Gasteiger partial charge in [0, 0.05) is 14.2 Å². The Morgan fingerprint density at radius 1 is 0.772 bits per heavy atom. The quantitative estimate of drug-likeness (QED) is 0.105. The summed E-state index contributed by atoms with van der Waals surface area (Å²) in [4.78, 5) is 0. The Hall–Kier alpha value is -0.820. The van der Waals surface area contributed by atoms with Gasteiger partial charge < -0.3 is 69.3 Å². The molecule has 14 heteroatoms. The van der Waals surface area contributed by atoms with Crippen LogP contribution in [0.2, 0.25) is 0 Å². The summed E-state index contributed by atoms with van der Waals surface area (Å²) in [5.74, 6) is 1.09. The molecular formula is C43H74O14. The lowest BCUT2D eigenvalue weighted by atomic mass is 9.47. The molecule has 0 aromatic rings. The molecule has 1 unspecified atom stereocenters. The summed E-state index contributed by atoms with van der Waals surface area (Å²) in [5.41, 5.74) is 1.38. The van der Waals surface area contributed by atoms with Crippen LogP contribution in [0.1, 0.15) is 99.3 Å². The highest BCUT2D eigenvalue weighted by Crippen LogP contribution is 2.66. The molecule has 6 rings (SSSR count). The summed E-state index contributed by atoms with van der Waals surface area (Å²) in [6, 6.07) is 0. The molecule has 2 heterocycles. The first-order chi connectivity index (χ1) is 26.9. The smallest absolute Gasteiger partial charge is 0.187 e. The van der Waals surface area contributed by atoms with Crippen molar-refractivity contribution in [2.24, 2.45) is 46.3 Å². The number of hydrogen-bond acceptors (Lipinski definition) is 14. The van der Waals surface area contributed by atoms with Gasteiger partial charge in [-0.3, -0.25) is 0 Å². The number of aliphatic hydroxyl groups excluding tert-OH is 8. The van der Waals surface area contributed by atoms with Crippen LogP contribution in [0.3, 0.4) is 0 Å². The highest BCUT2D eigenvalue weighted by Gasteiger charge is 2.63. The predicted molar refractivity (Wildman–Crippen MR) is 207 cm³/mol. The molecule has 0 radical (unpaired) electrons. The maximum Gasteiger partial charge on any atom is 0.187 e. The molecule has 14 nitrogen and oxygen atoms in total. The molecule has 5 fully saturated rings. The molecule has 8 N–H and O–H groups in total. The van der Waals surface area contributed by atoms with Gasteiger partial charge in [0.15, 0.2) is 12.6 Å². The fourth-order valence-corrected chi connectivity index (χ4v) is 12.5. The van der Waals surface area contributed by atoms with Gasteiger partial charge in [-0.1, -0.05) is 60.0 Å². The van der Waals surface area contributed by atoms with Gasteiger partial charge in [0.2, 0.25) is 0 Å². The van der Waals surface area contributed by atoms with E-state index in [1.165, 1.54) is 14.2 Å². The third-order valence-corrected chi connectivity index (χ3v) is 15.7. The highest BCUT2D eigenvalue weighted by atomic mass is 16.8. The third kappa shape index (κ3) is 8.41. The number of rotatable bonds is 16. The molecule has 2 aliphatic heterocycles. The number of hydrogen-bond donors (Lipinski definition) is 8. The molecule has 0 bridgehead atoms. The van der Waals surface area contributed by atoms with Crippen molar-refractivity contribution in [2.75, 3.05) is 27.4 Å². The van der Waals surface area contributed by atoms with Gasteiger partial charge in [0.25, 0.3) is 0 Å². The average Bonchev–Trinajstić information content (AvgIpc) is 3.75. The van der Waals surface area contributed by atoms with E-state index < -0.39 is 85.8 Å². The minimum absolute atomic E-state index is 0.0371. The van der Waals surface area contributed by atoms with Crippen molar-refractivity contribution in [3.63, 3.8) is 0 Å². The first-order valence-electron chi connectivity index (χ1n) is 21.7. The topological polar surface area (TPSA) is 217 Å². The van der Waals surface area contributed by atoms with Crippen molar-refractivity contribution in [3.8, 4) is 0 Å². The first kappa shape index (κ1) is 45.7. The molecular weight excluding hydrogens is 740 g/mol. The summed E-state index contributed by atoms with van der Waals surface area (Å²) in [6.45, 7) is 13.2. The summed E-state index contributed by atoms with van der Waals surface area (Å²) < 4.78 is 35.3. The lowest BCUT2D eigenvalue weighted by Gasteiger charge is -2.59. The van der Waals surface area contributed by atoms with E-state index in [2.05, 4.69) is 41.5 Å². The van der Waals surface area contributed by atoms with Crippen molar-refractivity contribution in [1.29, 1.82) is 0 Å². The van der Waals surface area contributed by atoms with Gasteiger partial charge >= 0.3 is 0 Å². The molecule has 57 heavy (non-hydrogen) atoms. The lowest BCUT2D eigenvalue weighted by Crippen LogP contribution is -2.58. The summed E-state index contributed by atoms with van der Waals surface area (Å²) >= 11 is 0. The average molecular weight is 815 g/mol. The van der Waals surface area contributed by atoms with E-state index in [1.54, 1.807) is 0 Å². The molecule has 21 atom stereocenters. The Kier molecular flexibility index (Phi) is 14.6. The van der Waals surface area contributed by atoms with Gasteiger partial charge in [-0.2, -0.15) is 0 Å². The molecule has 0 spiro atoms.